The van der Waals surface area contributed by atoms with E-state index in [0.29, 0.717) is 12.6 Å². The van der Waals surface area contributed by atoms with Crippen LogP contribution in [0.15, 0.2) is 78.9 Å². The fourth-order valence-corrected chi connectivity index (χ4v) is 3.74. The Bertz CT molecular complexity index is 815. The molecule has 0 saturated carbocycles. The predicted molar refractivity (Wildman–Crippen MR) is 115 cm³/mol. The number of methoxy groups -OCH3 is 1. The first-order valence-corrected chi connectivity index (χ1v) is 9.44. The zero-order valence-electron chi connectivity index (χ0n) is 16.1. The molecule has 4 heteroatoms. The zero-order valence-corrected chi connectivity index (χ0v) is 16.9. The van der Waals surface area contributed by atoms with Crippen molar-refractivity contribution in [3.05, 3.63) is 95.6 Å². The molecule has 146 valence electrons. The third-order valence-electron chi connectivity index (χ3n) is 5.15. The summed E-state index contributed by atoms with van der Waals surface area (Å²) in [7, 11) is 1.73. The predicted octanol–water partition coefficient (Wildman–Crippen LogP) is 5.12. The van der Waals surface area contributed by atoms with Crippen LogP contribution in [0.5, 0.6) is 11.5 Å². The van der Waals surface area contributed by atoms with Crippen LogP contribution in [0.25, 0.3) is 0 Å². The number of hydrogen-bond donors (Lipinski definition) is 0. The van der Waals surface area contributed by atoms with Gasteiger partial charge < -0.3 is 9.47 Å². The molecule has 1 aliphatic rings. The van der Waals surface area contributed by atoms with E-state index in [-0.39, 0.29) is 12.4 Å². The summed E-state index contributed by atoms with van der Waals surface area (Å²) in [5, 5.41) is 0. The van der Waals surface area contributed by atoms with Gasteiger partial charge in [-0.2, -0.15) is 0 Å². The lowest BCUT2D eigenvalue weighted by molar-refractivity contribution is 0.105. The van der Waals surface area contributed by atoms with Crippen molar-refractivity contribution in [2.24, 2.45) is 0 Å². The van der Waals surface area contributed by atoms with Crippen LogP contribution in [0.1, 0.15) is 16.7 Å². The van der Waals surface area contributed by atoms with Crippen molar-refractivity contribution < 1.29 is 9.47 Å². The van der Waals surface area contributed by atoms with Crippen LogP contribution < -0.4 is 9.47 Å². The van der Waals surface area contributed by atoms with Crippen LogP contribution in [0.4, 0.5) is 0 Å². The summed E-state index contributed by atoms with van der Waals surface area (Å²) in [6.07, 6.45) is 0.930. The van der Waals surface area contributed by atoms with Crippen molar-refractivity contribution in [3.63, 3.8) is 0 Å². The molecular formula is C24H26ClNO2. The molecule has 0 unspecified atom stereocenters. The molecule has 0 bridgehead atoms. The van der Waals surface area contributed by atoms with Crippen molar-refractivity contribution >= 4 is 12.4 Å². The first kappa shape index (κ1) is 20.2. The number of hydrogen-bond acceptors (Lipinski definition) is 3. The lowest BCUT2D eigenvalue weighted by Crippen LogP contribution is -2.42. The Morgan fingerprint density at radius 3 is 2.04 bits per heavy atom. The Kier molecular flexibility index (Phi) is 6.96. The molecular weight excluding hydrogens is 370 g/mol. The molecule has 3 aromatic carbocycles. The van der Waals surface area contributed by atoms with E-state index in [4.69, 9.17) is 9.47 Å². The first-order chi connectivity index (χ1) is 13.3. The molecule has 0 saturated heterocycles. The molecule has 0 amide bonds. The highest BCUT2D eigenvalue weighted by molar-refractivity contribution is 5.85. The Hall–Kier alpha value is -2.49. The summed E-state index contributed by atoms with van der Waals surface area (Å²) in [5.74, 6) is 1.86. The van der Waals surface area contributed by atoms with Gasteiger partial charge in [0.25, 0.3) is 0 Å². The van der Waals surface area contributed by atoms with Gasteiger partial charge in [0.05, 0.1) is 7.11 Å². The zero-order chi connectivity index (χ0) is 18.5. The average Bonchev–Trinajstić information content (AvgIpc) is 2.74. The van der Waals surface area contributed by atoms with E-state index in [9.17, 15) is 0 Å². The summed E-state index contributed by atoms with van der Waals surface area (Å²) in [6.45, 7) is 2.49. The molecule has 0 fully saturated rings. The summed E-state index contributed by atoms with van der Waals surface area (Å²) in [5.41, 5.74) is 3.81. The molecule has 0 N–H and O–H groups in total. The summed E-state index contributed by atoms with van der Waals surface area (Å²) in [4.78, 5) is 2.51. The van der Waals surface area contributed by atoms with E-state index >= 15 is 0 Å². The number of rotatable bonds is 6. The standard InChI is InChI=1S/C24H25NO2.ClH/c1-26-23-13-8-14-24-22(23)15-21(18-27-24)25(16-19-9-4-2-5-10-19)17-20-11-6-3-7-12-20;/h2-14,21H,15-18H2,1H3;1H/t21-;/m0./s1. The maximum absolute atomic E-state index is 6.11. The van der Waals surface area contributed by atoms with Gasteiger partial charge in [0.1, 0.15) is 18.1 Å². The number of benzene rings is 3. The Balaban J connectivity index is 0.00000225. The second-order valence-electron chi connectivity index (χ2n) is 6.98. The topological polar surface area (TPSA) is 21.7 Å². The molecule has 3 aromatic rings. The monoisotopic (exact) mass is 395 g/mol. The Morgan fingerprint density at radius 1 is 0.857 bits per heavy atom. The van der Waals surface area contributed by atoms with Gasteiger partial charge >= 0.3 is 0 Å². The van der Waals surface area contributed by atoms with Gasteiger partial charge in [-0.3, -0.25) is 4.90 Å². The molecule has 0 spiro atoms. The van der Waals surface area contributed by atoms with Gasteiger partial charge in [0, 0.05) is 24.7 Å². The highest BCUT2D eigenvalue weighted by Gasteiger charge is 2.27. The van der Waals surface area contributed by atoms with Crippen molar-refractivity contribution in [1.29, 1.82) is 0 Å². The fraction of sp³-hybridized carbons (Fsp3) is 0.250. The molecule has 0 radical (unpaired) electrons. The maximum Gasteiger partial charge on any atom is 0.126 e. The summed E-state index contributed by atoms with van der Waals surface area (Å²) < 4.78 is 11.7. The van der Waals surface area contributed by atoms with Gasteiger partial charge in [-0.25, -0.2) is 0 Å². The van der Waals surface area contributed by atoms with Gasteiger partial charge in [0.15, 0.2) is 0 Å². The number of ether oxygens (including phenoxy) is 2. The molecule has 28 heavy (non-hydrogen) atoms. The minimum atomic E-state index is 0. The summed E-state index contributed by atoms with van der Waals surface area (Å²) >= 11 is 0. The smallest absolute Gasteiger partial charge is 0.126 e. The molecule has 0 aromatic heterocycles. The van der Waals surface area contributed by atoms with Crippen molar-refractivity contribution in [2.75, 3.05) is 13.7 Å². The third-order valence-corrected chi connectivity index (χ3v) is 5.15. The van der Waals surface area contributed by atoms with Crippen molar-refractivity contribution in [3.8, 4) is 11.5 Å². The van der Waals surface area contributed by atoms with Gasteiger partial charge in [-0.15, -0.1) is 12.4 Å². The first-order valence-electron chi connectivity index (χ1n) is 9.44. The summed E-state index contributed by atoms with van der Waals surface area (Å²) in [6, 6.07) is 27.6. The SMILES string of the molecule is COc1cccc2c1C[C@H](N(Cc1ccccc1)Cc1ccccc1)CO2.Cl. The number of nitrogens with zero attached hydrogens (tertiary/aromatic N) is 1. The van der Waals surface area contributed by atoms with Crippen LogP contribution in [0.2, 0.25) is 0 Å². The normalized spacial score (nSPS) is 15.3. The van der Waals surface area contributed by atoms with E-state index in [0.717, 1.165) is 31.0 Å². The third kappa shape index (κ3) is 4.67. The number of halogens is 1. The van der Waals surface area contributed by atoms with Crippen LogP contribution in [0, 0.1) is 0 Å². The van der Waals surface area contributed by atoms with Gasteiger partial charge in [-0.1, -0.05) is 66.7 Å². The van der Waals surface area contributed by atoms with Crippen LogP contribution in [-0.4, -0.2) is 24.7 Å². The molecule has 1 aliphatic heterocycles. The molecule has 0 aliphatic carbocycles. The Labute approximate surface area is 173 Å². The Morgan fingerprint density at radius 2 is 1.46 bits per heavy atom. The van der Waals surface area contributed by atoms with E-state index < -0.39 is 0 Å². The number of fused-ring (bicyclic) bond motifs is 1. The van der Waals surface area contributed by atoms with Gasteiger partial charge in [0.2, 0.25) is 0 Å². The van der Waals surface area contributed by atoms with E-state index in [1.807, 2.05) is 18.2 Å². The van der Waals surface area contributed by atoms with Crippen molar-refractivity contribution in [2.45, 2.75) is 25.6 Å². The molecule has 1 atom stereocenters. The lowest BCUT2D eigenvalue weighted by atomic mass is 9.99. The molecule has 3 nitrogen and oxygen atoms in total. The van der Waals surface area contributed by atoms with Crippen LogP contribution in [0.3, 0.4) is 0 Å². The highest BCUT2D eigenvalue weighted by Crippen LogP contribution is 2.34. The highest BCUT2D eigenvalue weighted by atomic mass is 35.5. The maximum atomic E-state index is 6.11. The van der Waals surface area contributed by atoms with Crippen molar-refractivity contribution in [1.82, 2.24) is 4.90 Å². The second kappa shape index (κ2) is 9.63. The second-order valence-corrected chi connectivity index (χ2v) is 6.98. The van der Waals surface area contributed by atoms with Crippen LogP contribution in [-0.2, 0) is 19.5 Å². The van der Waals surface area contributed by atoms with Crippen LogP contribution >= 0.6 is 12.4 Å². The van der Waals surface area contributed by atoms with E-state index in [1.165, 1.54) is 16.7 Å². The molecule has 4 rings (SSSR count). The van der Waals surface area contributed by atoms with Gasteiger partial charge in [-0.05, 0) is 29.7 Å². The lowest BCUT2D eigenvalue weighted by Gasteiger charge is -2.35. The fourth-order valence-electron chi connectivity index (χ4n) is 3.74. The largest absolute Gasteiger partial charge is 0.496 e. The average molecular weight is 396 g/mol. The van der Waals surface area contributed by atoms with E-state index in [2.05, 4.69) is 65.6 Å². The quantitative estimate of drug-likeness (QED) is 0.578. The van der Waals surface area contributed by atoms with E-state index in [1.54, 1.807) is 7.11 Å². The minimum absolute atomic E-state index is 0. The minimum Gasteiger partial charge on any atom is -0.496 e. The molecule has 1 heterocycles.